The molecule has 37 heteroatoms. The van der Waals surface area contributed by atoms with Crippen molar-refractivity contribution >= 4 is 124 Å². The number of carboxylic acid groups (broad SMARTS) is 1. The third-order valence-electron chi connectivity index (χ3n) is 16.4. The molecule has 8 aromatic rings. The average Bonchev–Trinajstić information content (AvgIpc) is 0.851. The number of piperidine rings is 2. The Morgan fingerprint density at radius 2 is 0.627 bits per heavy atom. The normalized spacial score (nSPS) is 11.8. The molecule has 10 rings (SSSR count). The quantitative estimate of drug-likeness (QED) is 0.0115. The fourth-order valence-corrected chi connectivity index (χ4v) is 9.89. The number of aldehydes is 1. The van der Waals surface area contributed by atoms with Crippen LogP contribution in [0.3, 0.4) is 0 Å². The maximum absolute atomic E-state index is 12.2. The number of carboxylic acids is 1. The third-order valence-corrected chi connectivity index (χ3v) is 16.4. The van der Waals surface area contributed by atoms with Gasteiger partial charge in [0, 0.05) is 95.2 Å². The molecule has 12 radical (unpaired) electrons. The van der Waals surface area contributed by atoms with E-state index in [1.807, 2.05) is 72.8 Å². The first-order valence-electron chi connectivity index (χ1n) is 36.0. The standard InChI is InChI=1S/C14H17BN2O3.C13H18N2O2.C10H10BNO3.C9H9BN2O2.C9H8BNO3.C9H10BNO2.C9H8BNO2.C8H10N2O.Li/c15-14(20)16-9-10-1-3-11(4-2-10)13(19)17-7-5-12(18)6-8-17;14-9-10-1-3-11(4-2-10)13(17)15-7-5-12(16)6-8-15;1-15-9(13)8-4-2-7(3-5-8)6-12-10(11)14;10-9(13)11-5-7-1-3-8(4-2-7)6-12-14;10-9(14)11-5-6-1-3-7(4-2-6)8(12)13;2*10-9(13)11-5-7-1-3-8(6-12)4-2-7;9-5-7-1-3-8(4-2-7)6-10-11;/h1-4,12,18H,5-9H2,(H,16,20);1-4,12,16H,5-9,14H2;2-5H,6H2,1H3,(H,12,14);1-4,6,14H,5H2,(H,11,13);1-4H,5H2,(H,11,14)(H,12,13);1-4,12H,5-6H2,(H,11,13);1-4,6H,5H2,(H,11,13);1-4,6,11H,5,9H2;/q;;;;;;;;+1/p-1/b;;;12-6+;;;;10-6+;. The van der Waals surface area contributed by atoms with Gasteiger partial charge in [-0.15, -0.1) is 0 Å². The van der Waals surface area contributed by atoms with Crippen LogP contribution in [0.15, 0.2) is 204 Å². The summed E-state index contributed by atoms with van der Waals surface area (Å²) < 4.78 is 4.55. The molecule has 600 valence electrons. The number of nitrogens with zero attached hydrogens (tertiary/aromatic N) is 4. The van der Waals surface area contributed by atoms with Crippen molar-refractivity contribution in [2.45, 2.75) is 96.9 Å². The fraction of sp³-hybridized carbons (Fsp3) is 0.247. The van der Waals surface area contributed by atoms with Crippen molar-refractivity contribution in [3.63, 3.8) is 0 Å². The number of rotatable bonds is 22. The van der Waals surface area contributed by atoms with E-state index < -0.39 is 40.8 Å². The molecule has 118 heavy (non-hydrogen) atoms. The molecule has 30 nitrogen and oxygen atoms in total. The Bertz CT molecular complexity index is 4440. The van der Waals surface area contributed by atoms with Crippen molar-refractivity contribution in [3.8, 4) is 0 Å². The van der Waals surface area contributed by atoms with E-state index in [-0.39, 0.29) is 67.6 Å². The summed E-state index contributed by atoms with van der Waals surface area (Å²) >= 11 is 0. The van der Waals surface area contributed by atoms with Gasteiger partial charge >= 0.3 is 24.8 Å². The van der Waals surface area contributed by atoms with Gasteiger partial charge in [0.05, 0.1) is 49.9 Å². The average molecular weight is 1590 g/mol. The second kappa shape index (κ2) is 58.7. The minimum atomic E-state index is -1.22. The van der Waals surface area contributed by atoms with Crippen LogP contribution in [-0.2, 0) is 63.7 Å². The van der Waals surface area contributed by atoms with Crippen molar-refractivity contribution < 1.29 is 107 Å². The Labute approximate surface area is 704 Å². The second-order valence-electron chi connectivity index (χ2n) is 25.1. The van der Waals surface area contributed by atoms with E-state index in [0.717, 1.165) is 67.5 Å². The minimum Gasteiger partial charge on any atom is -0.545 e. The van der Waals surface area contributed by atoms with Crippen molar-refractivity contribution in [1.82, 2.24) is 41.7 Å². The van der Waals surface area contributed by atoms with E-state index >= 15 is 0 Å². The molecule has 2 aliphatic heterocycles. The van der Waals surface area contributed by atoms with Crippen LogP contribution >= 0.6 is 0 Å². The molecule has 2 heterocycles. The van der Waals surface area contributed by atoms with E-state index in [9.17, 15) is 68.1 Å². The molecular weight excluding hydrogens is 1500 g/mol. The number of aliphatic hydroxyl groups excluding tert-OH is 3. The van der Waals surface area contributed by atoms with Crippen LogP contribution in [0.2, 0.25) is 0 Å². The number of carbonyl (C=O) groups is 11. The number of esters is 1. The van der Waals surface area contributed by atoms with Gasteiger partial charge in [0.1, 0.15) is 6.29 Å². The van der Waals surface area contributed by atoms with Gasteiger partial charge in [-0.2, -0.15) is 0 Å². The Kier molecular flexibility index (Phi) is 50.7. The van der Waals surface area contributed by atoms with Crippen LogP contribution in [0.1, 0.15) is 139 Å². The van der Waals surface area contributed by atoms with Crippen LogP contribution in [0.25, 0.3) is 0 Å². The molecule has 2 saturated heterocycles. The van der Waals surface area contributed by atoms with Gasteiger partial charge in [0.15, 0.2) is 34.8 Å². The Balaban J connectivity index is 0.000000459. The smallest absolute Gasteiger partial charge is 0.545 e. The predicted molar refractivity (Wildman–Crippen MR) is 443 cm³/mol. The first-order chi connectivity index (χ1) is 56.0. The largest absolute Gasteiger partial charge is 1.00 e. The topological polar surface area (TPSA) is 477 Å². The zero-order chi connectivity index (χ0) is 86.5. The Morgan fingerprint density at radius 3 is 0.864 bits per heavy atom. The summed E-state index contributed by atoms with van der Waals surface area (Å²) in [5.41, 5.74) is 23.3. The monoisotopic (exact) mass is 1590 g/mol. The van der Waals surface area contributed by atoms with E-state index in [4.69, 9.17) is 74.1 Å². The molecule has 15 N–H and O–H groups in total. The molecule has 2 aliphatic rings. The molecule has 0 aliphatic carbocycles. The molecular formula is C81H89B6LiN12O18. The molecule has 0 atom stereocenters. The van der Waals surface area contributed by atoms with E-state index in [1.54, 1.807) is 119 Å². The van der Waals surface area contributed by atoms with Crippen LogP contribution in [0, 0.1) is 0 Å². The zero-order valence-corrected chi connectivity index (χ0v) is 65.3. The number of amides is 8. The number of aliphatic hydroxyl groups is 3. The Morgan fingerprint density at radius 1 is 0.398 bits per heavy atom. The number of aromatic carboxylic acids is 1. The van der Waals surface area contributed by atoms with Gasteiger partial charge in [-0.25, -0.2) is 4.79 Å². The molecule has 0 bridgehead atoms. The van der Waals surface area contributed by atoms with Crippen LogP contribution < -0.4 is 67.3 Å². The van der Waals surface area contributed by atoms with Crippen molar-refractivity contribution in [1.29, 1.82) is 0 Å². The van der Waals surface area contributed by atoms with Gasteiger partial charge in [0.25, 0.3) is 11.8 Å². The van der Waals surface area contributed by atoms with E-state index in [2.05, 4.69) is 46.9 Å². The molecule has 0 aromatic heterocycles. The third kappa shape index (κ3) is 44.1. The van der Waals surface area contributed by atoms with Gasteiger partial charge in [0.2, 0.25) is 47.1 Å². The van der Waals surface area contributed by atoms with Crippen LogP contribution in [-0.4, -0.2) is 205 Å². The van der Waals surface area contributed by atoms with E-state index in [1.165, 1.54) is 31.7 Å². The summed E-state index contributed by atoms with van der Waals surface area (Å²) in [5.74, 6) is -5.00. The Hall–Kier alpha value is -12.1. The van der Waals surface area contributed by atoms with Crippen molar-refractivity contribution in [3.05, 3.63) is 283 Å². The van der Waals surface area contributed by atoms with Crippen molar-refractivity contribution in [2.24, 2.45) is 21.8 Å². The van der Waals surface area contributed by atoms with Crippen LogP contribution in [0.5, 0.6) is 0 Å². The first kappa shape index (κ1) is 102. The maximum Gasteiger partial charge on any atom is 1.00 e. The van der Waals surface area contributed by atoms with E-state index in [0.29, 0.717) is 120 Å². The molecule has 0 spiro atoms. The number of nitrogens with two attached hydrogens (primary N) is 2. The number of likely N-dealkylation sites (tertiary alicyclic amines) is 2. The number of oxime groups is 2. The van der Waals surface area contributed by atoms with Crippen LogP contribution in [0.4, 0.5) is 28.8 Å². The number of benzene rings is 8. The summed E-state index contributed by atoms with van der Waals surface area (Å²) in [5, 5.41) is 74.9. The minimum absolute atomic E-state index is 0. The summed E-state index contributed by atoms with van der Waals surface area (Å²) in [6.07, 6.45) is 5.54. The zero-order valence-electron chi connectivity index (χ0n) is 65.3. The predicted octanol–water partition coefficient (Wildman–Crippen LogP) is 1.95. The van der Waals surface area contributed by atoms with Gasteiger partial charge < -0.3 is 93.5 Å². The number of nitrogens with one attached hydrogen (secondary N) is 6. The molecule has 0 saturated carbocycles. The van der Waals surface area contributed by atoms with Crippen molar-refractivity contribution in [2.75, 3.05) is 33.3 Å². The summed E-state index contributed by atoms with van der Waals surface area (Å²) in [6, 6.07) is 56.0. The molecule has 8 aromatic carbocycles. The first-order valence-corrected chi connectivity index (χ1v) is 36.0. The fourth-order valence-electron chi connectivity index (χ4n) is 9.89. The number of hydrogen-bond donors (Lipinski definition) is 13. The molecule has 2 fully saturated rings. The van der Waals surface area contributed by atoms with Gasteiger partial charge in [-0.05, 0) is 129 Å². The molecule has 0 unspecified atom stereocenters. The number of carbonyl (C=O) groups excluding carboxylic acids is 11. The second-order valence-corrected chi connectivity index (χ2v) is 25.1. The summed E-state index contributed by atoms with van der Waals surface area (Å²) in [4.78, 5) is 122. The number of ether oxygens (including phenoxy) is 1. The maximum atomic E-state index is 12.2. The molecule has 8 amide bonds. The van der Waals surface area contributed by atoms with Gasteiger partial charge in [-0.1, -0.05) is 168 Å². The summed E-state index contributed by atoms with van der Waals surface area (Å²) in [6.45, 7) is 5.68. The number of methoxy groups -OCH3 is 1. The van der Waals surface area contributed by atoms with Gasteiger partial charge in [-0.3, -0.25) is 43.2 Å². The summed E-state index contributed by atoms with van der Waals surface area (Å²) in [7, 11) is 30.8. The number of hydrogen-bond acceptors (Lipinski definition) is 22. The SMILES string of the molecule is NCc1ccc(/C=N/O)cc1.NCc1ccc(C(=O)N2CCC(O)CC2)cc1.[B]C(=O)NCc1ccc(/C=N/O)cc1.[B]C(=O)NCc1ccc(C(=O)N2CCC(O)CC2)cc1.[B]C(=O)NCc1ccc(C(=O)OC)cc1.[B]C(=O)NCc1ccc(C(=O)[O-])cc1.[B]C(=O)NCc1ccc(C=O)cc1.[B]C(=O)NCc1ccc(CO)cc1.[Li+].